The van der Waals surface area contributed by atoms with E-state index in [4.69, 9.17) is 11.6 Å². The Morgan fingerprint density at radius 3 is 2.52 bits per heavy atom. The van der Waals surface area contributed by atoms with Crippen molar-refractivity contribution >= 4 is 49.0 Å². The monoisotopic (exact) mass is 387 g/mol. The highest BCUT2D eigenvalue weighted by molar-refractivity contribution is 9.10. The van der Waals surface area contributed by atoms with Crippen LogP contribution in [0.3, 0.4) is 0 Å². The van der Waals surface area contributed by atoms with E-state index in [1.807, 2.05) is 6.07 Å². The van der Waals surface area contributed by atoms with Crippen LogP contribution in [0.1, 0.15) is 10.4 Å². The van der Waals surface area contributed by atoms with Crippen LogP contribution >= 0.6 is 27.5 Å². The maximum Gasteiger partial charge on any atom is 0.257 e. The van der Waals surface area contributed by atoms with Crippen molar-refractivity contribution in [1.82, 2.24) is 0 Å². The number of halogens is 2. The summed E-state index contributed by atoms with van der Waals surface area (Å²) in [4.78, 5) is 12.3. The van der Waals surface area contributed by atoms with Gasteiger partial charge in [0.05, 0.1) is 15.5 Å². The summed E-state index contributed by atoms with van der Waals surface area (Å²) in [7, 11) is -3.40. The van der Waals surface area contributed by atoms with Crippen molar-refractivity contribution in [2.45, 2.75) is 4.90 Å². The Balaban J connectivity index is 2.35. The molecule has 0 bridgehead atoms. The minimum Gasteiger partial charge on any atom is -0.322 e. The quantitative estimate of drug-likeness (QED) is 0.871. The van der Waals surface area contributed by atoms with Gasteiger partial charge in [-0.15, -0.1) is 0 Å². The average Bonchev–Trinajstić information content (AvgIpc) is 2.37. The first kappa shape index (κ1) is 16.0. The fourth-order valence-corrected chi connectivity index (χ4v) is 2.92. The van der Waals surface area contributed by atoms with Crippen molar-refractivity contribution < 1.29 is 13.2 Å². The molecular weight excluding hydrogens is 378 g/mol. The summed E-state index contributed by atoms with van der Waals surface area (Å²) in [6.07, 6.45) is 1.08. The molecule has 0 radical (unpaired) electrons. The van der Waals surface area contributed by atoms with E-state index in [1.165, 1.54) is 18.2 Å². The Morgan fingerprint density at radius 2 is 1.90 bits per heavy atom. The topological polar surface area (TPSA) is 63.2 Å². The van der Waals surface area contributed by atoms with Crippen molar-refractivity contribution in [3.05, 3.63) is 57.5 Å². The molecule has 21 heavy (non-hydrogen) atoms. The predicted molar refractivity (Wildman–Crippen MR) is 86.7 cm³/mol. The van der Waals surface area contributed by atoms with Crippen molar-refractivity contribution in [1.29, 1.82) is 0 Å². The van der Waals surface area contributed by atoms with Gasteiger partial charge in [0.1, 0.15) is 0 Å². The summed E-state index contributed by atoms with van der Waals surface area (Å²) < 4.78 is 23.9. The van der Waals surface area contributed by atoms with Crippen LogP contribution in [-0.2, 0) is 9.84 Å². The van der Waals surface area contributed by atoms with Crippen LogP contribution in [0.2, 0.25) is 5.02 Å². The zero-order chi connectivity index (χ0) is 15.6. The van der Waals surface area contributed by atoms with Gasteiger partial charge in [-0.1, -0.05) is 33.6 Å². The Bertz CT molecular complexity index is 806. The fourth-order valence-electron chi connectivity index (χ4n) is 1.67. The number of carbonyl (C=O) groups is 1. The van der Waals surface area contributed by atoms with Gasteiger partial charge < -0.3 is 5.32 Å². The van der Waals surface area contributed by atoms with Crippen LogP contribution in [0.25, 0.3) is 0 Å². The number of anilines is 1. The van der Waals surface area contributed by atoms with E-state index in [9.17, 15) is 13.2 Å². The summed E-state index contributed by atoms with van der Waals surface area (Å²) in [6.45, 7) is 0. The van der Waals surface area contributed by atoms with E-state index in [1.54, 1.807) is 18.2 Å². The molecule has 4 nitrogen and oxygen atoms in total. The van der Waals surface area contributed by atoms with Crippen LogP contribution in [0, 0.1) is 0 Å². The first-order valence-electron chi connectivity index (χ1n) is 5.84. The smallest absolute Gasteiger partial charge is 0.257 e. The Labute approximate surface area is 136 Å². The third-order valence-electron chi connectivity index (χ3n) is 2.69. The lowest BCUT2D eigenvalue weighted by atomic mass is 10.2. The minimum atomic E-state index is -3.40. The summed E-state index contributed by atoms with van der Waals surface area (Å²) in [5.41, 5.74) is 0.690. The Kier molecular flexibility index (Phi) is 4.70. The van der Waals surface area contributed by atoms with Gasteiger partial charge in [0, 0.05) is 16.4 Å². The third kappa shape index (κ3) is 4.06. The highest BCUT2D eigenvalue weighted by Crippen LogP contribution is 2.22. The maximum absolute atomic E-state index is 12.2. The molecule has 110 valence electrons. The molecule has 2 rings (SSSR count). The number of hydrogen-bond donors (Lipinski definition) is 1. The summed E-state index contributed by atoms with van der Waals surface area (Å²) in [6, 6.07) is 11.1. The molecule has 0 aromatic heterocycles. The predicted octanol–water partition coefficient (Wildman–Crippen LogP) is 3.76. The molecule has 0 saturated carbocycles. The number of carbonyl (C=O) groups excluding carboxylic acids is 1. The molecule has 2 aromatic carbocycles. The summed E-state index contributed by atoms with van der Waals surface area (Å²) >= 11 is 9.28. The maximum atomic E-state index is 12.2. The van der Waals surface area contributed by atoms with E-state index in [2.05, 4.69) is 21.2 Å². The lowest BCUT2D eigenvalue weighted by Crippen LogP contribution is -2.13. The molecule has 0 saturated heterocycles. The molecule has 0 aliphatic heterocycles. The minimum absolute atomic E-state index is 0.0475. The van der Waals surface area contributed by atoms with Gasteiger partial charge in [-0.05, 0) is 36.4 Å². The molecule has 1 N–H and O–H groups in total. The standard InChI is InChI=1S/C14H11BrClNO3S/c1-21(19,20)11-5-6-13(16)12(8-11)14(18)17-10-4-2-3-9(15)7-10/h2-8H,1H3,(H,17,18). The molecule has 0 atom stereocenters. The fraction of sp³-hybridized carbons (Fsp3) is 0.0714. The van der Waals surface area contributed by atoms with Crippen molar-refractivity contribution in [2.24, 2.45) is 0 Å². The van der Waals surface area contributed by atoms with Crippen molar-refractivity contribution in [2.75, 3.05) is 11.6 Å². The van der Waals surface area contributed by atoms with E-state index in [0.717, 1.165) is 10.7 Å². The highest BCUT2D eigenvalue weighted by Gasteiger charge is 2.15. The van der Waals surface area contributed by atoms with Crippen LogP contribution in [0.15, 0.2) is 51.8 Å². The number of hydrogen-bond acceptors (Lipinski definition) is 3. The molecular formula is C14H11BrClNO3S. The molecule has 0 unspecified atom stereocenters. The third-order valence-corrected chi connectivity index (χ3v) is 4.63. The second-order valence-electron chi connectivity index (χ2n) is 4.38. The summed E-state index contributed by atoms with van der Waals surface area (Å²) in [5.74, 6) is -0.469. The van der Waals surface area contributed by atoms with Crippen LogP contribution in [0.4, 0.5) is 5.69 Å². The van der Waals surface area contributed by atoms with Gasteiger partial charge in [0.25, 0.3) is 5.91 Å². The van der Waals surface area contributed by atoms with Gasteiger partial charge in [-0.3, -0.25) is 4.79 Å². The number of sulfone groups is 1. The lowest BCUT2D eigenvalue weighted by molar-refractivity contribution is 0.102. The summed E-state index contributed by atoms with van der Waals surface area (Å²) in [5, 5.41) is 2.86. The van der Waals surface area contributed by atoms with Crippen molar-refractivity contribution in [3.63, 3.8) is 0 Å². The number of rotatable bonds is 3. The molecule has 0 aliphatic rings. The van der Waals surface area contributed by atoms with Crippen LogP contribution in [-0.4, -0.2) is 20.6 Å². The molecule has 2 aromatic rings. The second-order valence-corrected chi connectivity index (χ2v) is 7.72. The van der Waals surface area contributed by atoms with Crippen molar-refractivity contribution in [3.8, 4) is 0 Å². The van der Waals surface area contributed by atoms with E-state index in [-0.39, 0.29) is 15.5 Å². The van der Waals surface area contributed by atoms with Gasteiger partial charge in [0.2, 0.25) is 0 Å². The first-order chi connectivity index (χ1) is 9.77. The van der Waals surface area contributed by atoms with Gasteiger partial charge >= 0.3 is 0 Å². The molecule has 0 spiro atoms. The number of amides is 1. The number of nitrogens with one attached hydrogen (secondary N) is 1. The van der Waals surface area contributed by atoms with Crippen LogP contribution in [0.5, 0.6) is 0 Å². The SMILES string of the molecule is CS(=O)(=O)c1ccc(Cl)c(C(=O)Nc2cccc(Br)c2)c1. The van der Waals surface area contributed by atoms with Gasteiger partial charge in [-0.2, -0.15) is 0 Å². The van der Waals surface area contributed by atoms with Gasteiger partial charge in [-0.25, -0.2) is 8.42 Å². The zero-order valence-electron chi connectivity index (χ0n) is 10.9. The second kappa shape index (κ2) is 6.17. The molecule has 7 heteroatoms. The zero-order valence-corrected chi connectivity index (χ0v) is 14.1. The average molecular weight is 389 g/mol. The molecule has 0 fully saturated rings. The van der Waals surface area contributed by atoms with E-state index >= 15 is 0 Å². The molecule has 0 aliphatic carbocycles. The normalized spacial score (nSPS) is 11.2. The first-order valence-corrected chi connectivity index (χ1v) is 8.90. The van der Waals surface area contributed by atoms with Crippen LogP contribution < -0.4 is 5.32 Å². The van der Waals surface area contributed by atoms with Gasteiger partial charge in [0.15, 0.2) is 9.84 Å². The van der Waals surface area contributed by atoms with E-state index < -0.39 is 15.7 Å². The molecule has 0 heterocycles. The largest absolute Gasteiger partial charge is 0.322 e. The van der Waals surface area contributed by atoms with E-state index in [0.29, 0.717) is 5.69 Å². The Hall–Kier alpha value is -1.37. The Morgan fingerprint density at radius 1 is 1.19 bits per heavy atom. The highest BCUT2D eigenvalue weighted by atomic mass is 79.9. The lowest BCUT2D eigenvalue weighted by Gasteiger charge is -2.08. The number of benzene rings is 2. The molecule has 1 amide bonds.